The number of ether oxygens (including phenoxy) is 7. The van der Waals surface area contributed by atoms with Crippen molar-refractivity contribution in [3.63, 3.8) is 0 Å². The molecule has 0 radical (unpaired) electrons. The Morgan fingerprint density at radius 2 is 0.778 bits per heavy atom. The number of benzene rings is 8. The Kier molecular flexibility index (Phi) is 15.8. The van der Waals surface area contributed by atoms with Gasteiger partial charge in [-0.05, 0) is 87.5 Å². The van der Waals surface area contributed by atoms with Crippen molar-refractivity contribution in [2.75, 3.05) is 5.73 Å². The van der Waals surface area contributed by atoms with E-state index in [9.17, 15) is 9.90 Å². The van der Waals surface area contributed by atoms with E-state index >= 15 is 0 Å². The first-order valence-electron chi connectivity index (χ1n) is 23.3. The van der Waals surface area contributed by atoms with E-state index in [4.69, 9.17) is 38.9 Å². The summed E-state index contributed by atoms with van der Waals surface area (Å²) in [5.41, 5.74) is 13.4. The van der Waals surface area contributed by atoms with Crippen LogP contribution in [0.5, 0.6) is 40.2 Å². The maximum atomic E-state index is 11.8. The molecule has 1 aromatic heterocycles. The number of carboxylic acids is 1. The van der Waals surface area contributed by atoms with Crippen LogP contribution in [-0.4, -0.2) is 26.1 Å². The number of nitrogen functional groups attached to an aromatic ring is 1. The molecule has 13 heteroatoms. The maximum Gasteiger partial charge on any atom is 0.339 e. The predicted octanol–water partition coefficient (Wildman–Crippen LogP) is 11.7. The van der Waals surface area contributed by atoms with E-state index in [2.05, 4.69) is 10.3 Å². The number of carboxylic acid groups (broad SMARTS) is 1. The van der Waals surface area contributed by atoms with Gasteiger partial charge in [0.2, 0.25) is 0 Å². The largest absolute Gasteiger partial charge is 0.489 e. The van der Waals surface area contributed by atoms with Crippen molar-refractivity contribution in [2.24, 2.45) is 0 Å². The standard InChI is InChI=1S/C59H52N4O9/c60-49-21-22-57(59(64)65)58(29-49)72-41-50-34-63(62-61-50)33-46-23-51(70-39-47-25-53(66-35-42-13-5-1-6-14-42)31-54(26-47)67-36-43-15-7-2-8-16-43)30-52(24-46)71-40-48-27-55(68-37-44-17-9-3-10-18-44)32-56(28-48)69-38-45-19-11-4-12-20-45/h1-32,34H,33,35-41,60H2,(H,64,65). The van der Waals surface area contributed by atoms with Crippen LogP contribution < -0.4 is 38.9 Å². The molecular formula is C59H52N4O9. The molecule has 0 saturated carbocycles. The SMILES string of the molecule is Nc1ccc(C(=O)O)c(OCc2cn(Cc3cc(OCc4cc(OCc5ccccc5)cc(OCc5ccccc5)c4)cc(OCc4cc(OCc5ccccc5)cc(OCc5ccccc5)c4)c3)nn2)c1. The fourth-order valence-corrected chi connectivity index (χ4v) is 7.60. The highest BCUT2D eigenvalue weighted by molar-refractivity contribution is 5.91. The molecule has 0 bridgehead atoms. The van der Waals surface area contributed by atoms with Crippen molar-refractivity contribution >= 4 is 11.7 Å². The van der Waals surface area contributed by atoms with Crippen molar-refractivity contribution < 1.29 is 43.1 Å². The van der Waals surface area contributed by atoms with Crippen LogP contribution in [0.4, 0.5) is 5.69 Å². The average molecular weight is 961 g/mol. The lowest BCUT2D eigenvalue weighted by molar-refractivity contribution is 0.0691. The predicted molar refractivity (Wildman–Crippen MR) is 272 cm³/mol. The number of aromatic nitrogens is 3. The molecule has 0 unspecified atom stereocenters. The summed E-state index contributed by atoms with van der Waals surface area (Å²) in [5.74, 6) is 2.66. The number of carbonyl (C=O) groups is 1. The van der Waals surface area contributed by atoms with Gasteiger partial charge in [-0.1, -0.05) is 127 Å². The number of rotatable bonds is 24. The fraction of sp³-hybridized carbons (Fsp3) is 0.136. The molecule has 0 aliphatic rings. The van der Waals surface area contributed by atoms with Gasteiger partial charge in [-0.15, -0.1) is 5.10 Å². The molecule has 9 aromatic rings. The highest BCUT2D eigenvalue weighted by Crippen LogP contribution is 2.31. The smallest absolute Gasteiger partial charge is 0.339 e. The first kappa shape index (κ1) is 47.8. The zero-order valence-corrected chi connectivity index (χ0v) is 39.3. The van der Waals surface area contributed by atoms with Crippen LogP contribution in [-0.2, 0) is 52.8 Å². The zero-order chi connectivity index (χ0) is 49.3. The van der Waals surface area contributed by atoms with E-state index < -0.39 is 5.97 Å². The van der Waals surface area contributed by atoms with Crippen molar-refractivity contribution in [3.8, 4) is 40.2 Å². The second kappa shape index (κ2) is 23.9. The first-order valence-corrected chi connectivity index (χ1v) is 23.3. The Balaban J connectivity index is 0.961. The van der Waals surface area contributed by atoms with Gasteiger partial charge in [0.25, 0.3) is 0 Å². The van der Waals surface area contributed by atoms with E-state index in [1.54, 1.807) is 10.9 Å². The Morgan fingerprint density at radius 1 is 0.417 bits per heavy atom. The van der Waals surface area contributed by atoms with Gasteiger partial charge < -0.3 is 44.0 Å². The van der Waals surface area contributed by atoms with Gasteiger partial charge in [-0.2, -0.15) is 0 Å². The molecule has 9 rings (SSSR count). The lowest BCUT2D eigenvalue weighted by Crippen LogP contribution is -2.05. The third-order valence-electron chi connectivity index (χ3n) is 11.2. The molecule has 72 heavy (non-hydrogen) atoms. The van der Waals surface area contributed by atoms with Crippen LogP contribution in [0.2, 0.25) is 0 Å². The molecule has 362 valence electrons. The van der Waals surface area contributed by atoms with E-state index in [0.29, 0.717) is 78.9 Å². The molecule has 1 heterocycles. The normalized spacial score (nSPS) is 10.8. The summed E-state index contributed by atoms with van der Waals surface area (Å²) in [6.45, 7) is 2.16. The third kappa shape index (κ3) is 14.2. The van der Waals surface area contributed by atoms with Crippen LogP contribution in [0.25, 0.3) is 0 Å². The average Bonchev–Trinajstić information content (AvgIpc) is 3.86. The van der Waals surface area contributed by atoms with Crippen LogP contribution in [0.3, 0.4) is 0 Å². The van der Waals surface area contributed by atoms with E-state index in [1.807, 2.05) is 176 Å². The second-order valence-electron chi connectivity index (χ2n) is 16.9. The summed E-state index contributed by atoms with van der Waals surface area (Å²) in [6, 6.07) is 61.6. The number of hydrogen-bond donors (Lipinski definition) is 2. The van der Waals surface area contributed by atoms with Gasteiger partial charge in [-0.25, -0.2) is 9.48 Å². The Hall–Kier alpha value is -9.23. The molecule has 0 aliphatic heterocycles. The van der Waals surface area contributed by atoms with Crippen LogP contribution in [0, 0.1) is 0 Å². The summed E-state index contributed by atoms with van der Waals surface area (Å²) < 4.78 is 45.8. The number of nitrogens with two attached hydrogens (primary N) is 1. The van der Waals surface area contributed by atoms with Crippen LogP contribution in [0.1, 0.15) is 55.0 Å². The second-order valence-corrected chi connectivity index (χ2v) is 16.9. The molecule has 8 aromatic carbocycles. The van der Waals surface area contributed by atoms with E-state index in [0.717, 1.165) is 38.9 Å². The maximum absolute atomic E-state index is 11.8. The van der Waals surface area contributed by atoms with Crippen LogP contribution in [0.15, 0.2) is 200 Å². The summed E-state index contributed by atoms with van der Waals surface area (Å²) in [7, 11) is 0. The Labute approximate surface area is 417 Å². The molecule has 3 N–H and O–H groups in total. The van der Waals surface area contributed by atoms with Gasteiger partial charge in [0.1, 0.15) is 97.8 Å². The van der Waals surface area contributed by atoms with Crippen molar-refractivity contribution in [1.29, 1.82) is 0 Å². The number of hydrogen-bond acceptors (Lipinski definition) is 11. The highest BCUT2D eigenvalue weighted by atomic mass is 16.5. The summed E-state index contributed by atoms with van der Waals surface area (Å²) in [6.07, 6.45) is 1.73. The monoisotopic (exact) mass is 960 g/mol. The van der Waals surface area contributed by atoms with Gasteiger partial charge in [-0.3, -0.25) is 0 Å². The minimum atomic E-state index is -1.13. The van der Waals surface area contributed by atoms with E-state index in [1.165, 1.54) is 18.2 Å². The lowest BCUT2D eigenvalue weighted by Gasteiger charge is -2.16. The minimum Gasteiger partial charge on any atom is -0.489 e. The van der Waals surface area contributed by atoms with E-state index in [-0.39, 0.29) is 31.1 Å². The van der Waals surface area contributed by atoms with Gasteiger partial charge in [0.05, 0.1) is 12.7 Å². The van der Waals surface area contributed by atoms with Gasteiger partial charge >= 0.3 is 5.97 Å². The first-order chi connectivity index (χ1) is 35.3. The van der Waals surface area contributed by atoms with Crippen molar-refractivity contribution in [2.45, 2.75) is 52.8 Å². The number of nitrogens with zero attached hydrogens (tertiary/aromatic N) is 3. The van der Waals surface area contributed by atoms with Gasteiger partial charge in [0, 0.05) is 30.0 Å². The summed E-state index contributed by atoms with van der Waals surface area (Å²) >= 11 is 0. The molecular weight excluding hydrogens is 909 g/mol. The molecule has 13 nitrogen and oxygen atoms in total. The fourth-order valence-electron chi connectivity index (χ4n) is 7.60. The summed E-state index contributed by atoms with van der Waals surface area (Å²) in [4.78, 5) is 11.8. The van der Waals surface area contributed by atoms with Gasteiger partial charge in [0.15, 0.2) is 0 Å². The Bertz CT molecular complexity index is 2890. The Morgan fingerprint density at radius 3 is 1.15 bits per heavy atom. The third-order valence-corrected chi connectivity index (χ3v) is 11.2. The molecule has 0 atom stereocenters. The summed E-state index contributed by atoms with van der Waals surface area (Å²) in [5, 5.41) is 18.3. The highest BCUT2D eigenvalue weighted by Gasteiger charge is 2.15. The topological polar surface area (TPSA) is 159 Å². The molecule has 0 amide bonds. The molecule has 0 saturated heterocycles. The molecule has 0 fully saturated rings. The minimum absolute atomic E-state index is 0.00863. The van der Waals surface area contributed by atoms with Crippen LogP contribution >= 0.6 is 0 Å². The van der Waals surface area contributed by atoms with Crippen molar-refractivity contribution in [3.05, 3.63) is 251 Å². The number of anilines is 1. The quantitative estimate of drug-likeness (QED) is 0.0553. The zero-order valence-electron chi connectivity index (χ0n) is 39.3. The molecule has 0 spiro atoms. The lowest BCUT2D eigenvalue weighted by atomic mass is 10.1. The molecule has 0 aliphatic carbocycles. The number of aromatic carboxylic acids is 1. The van der Waals surface area contributed by atoms with Crippen molar-refractivity contribution in [1.82, 2.24) is 15.0 Å².